The molecule has 0 radical (unpaired) electrons. The molecule has 1 aromatic heterocycles. The summed E-state index contributed by atoms with van der Waals surface area (Å²) in [5, 5.41) is 3.90. The molecule has 5 heteroatoms. The van der Waals surface area contributed by atoms with Gasteiger partial charge in [0, 0.05) is 5.02 Å². The Bertz CT molecular complexity index is 517. The Kier molecular flexibility index (Phi) is 3.27. The number of anilines is 2. The molecule has 0 aliphatic heterocycles. The van der Waals surface area contributed by atoms with E-state index < -0.39 is 5.95 Å². The minimum absolute atomic E-state index is 0.393. The van der Waals surface area contributed by atoms with Crippen molar-refractivity contribution in [2.75, 3.05) is 5.32 Å². The topological polar surface area (TPSA) is 24.9 Å². The fourth-order valence-electron chi connectivity index (χ4n) is 1.21. The first-order valence-corrected chi connectivity index (χ1v) is 5.25. The van der Waals surface area contributed by atoms with Crippen molar-refractivity contribution in [3.63, 3.8) is 0 Å². The largest absolute Gasteiger partial charge is 0.339 e. The Morgan fingerprint density at radius 3 is 2.62 bits per heavy atom. The van der Waals surface area contributed by atoms with Crippen molar-refractivity contribution in [3.05, 3.63) is 52.4 Å². The highest BCUT2D eigenvalue weighted by Gasteiger charge is 2.02. The Hall–Kier alpha value is -1.32. The van der Waals surface area contributed by atoms with Gasteiger partial charge in [-0.25, -0.2) is 4.98 Å². The van der Waals surface area contributed by atoms with Crippen LogP contribution >= 0.6 is 23.2 Å². The van der Waals surface area contributed by atoms with Crippen LogP contribution in [-0.4, -0.2) is 4.98 Å². The molecule has 0 saturated carbocycles. The van der Waals surface area contributed by atoms with Crippen molar-refractivity contribution in [1.29, 1.82) is 0 Å². The maximum Gasteiger partial charge on any atom is 0.214 e. The lowest BCUT2D eigenvalue weighted by Gasteiger charge is -2.07. The molecule has 0 unspecified atom stereocenters. The lowest BCUT2D eigenvalue weighted by molar-refractivity contribution is 0.585. The van der Waals surface area contributed by atoms with E-state index in [9.17, 15) is 4.39 Å². The van der Waals surface area contributed by atoms with Gasteiger partial charge in [-0.1, -0.05) is 29.3 Å². The Morgan fingerprint density at radius 2 is 1.94 bits per heavy atom. The van der Waals surface area contributed by atoms with Crippen molar-refractivity contribution in [2.45, 2.75) is 0 Å². The molecular formula is C11H7Cl2FN2. The van der Waals surface area contributed by atoms with Crippen LogP contribution in [-0.2, 0) is 0 Å². The summed E-state index contributed by atoms with van der Waals surface area (Å²) >= 11 is 11.7. The highest BCUT2D eigenvalue weighted by Crippen LogP contribution is 2.27. The highest BCUT2D eigenvalue weighted by atomic mass is 35.5. The van der Waals surface area contributed by atoms with Gasteiger partial charge in [0.05, 0.1) is 10.7 Å². The van der Waals surface area contributed by atoms with Gasteiger partial charge in [0.15, 0.2) is 0 Å². The van der Waals surface area contributed by atoms with Crippen molar-refractivity contribution in [1.82, 2.24) is 4.98 Å². The van der Waals surface area contributed by atoms with E-state index in [4.69, 9.17) is 23.2 Å². The van der Waals surface area contributed by atoms with Gasteiger partial charge in [0.2, 0.25) is 5.95 Å². The first kappa shape index (κ1) is 11.2. The molecule has 2 aromatic rings. The summed E-state index contributed by atoms with van der Waals surface area (Å²) in [6, 6.07) is 9.48. The smallest absolute Gasteiger partial charge is 0.214 e. The quantitative estimate of drug-likeness (QED) is 0.812. The van der Waals surface area contributed by atoms with Crippen LogP contribution in [0.25, 0.3) is 0 Å². The minimum Gasteiger partial charge on any atom is -0.339 e. The van der Waals surface area contributed by atoms with E-state index in [0.717, 1.165) is 0 Å². The molecule has 0 saturated heterocycles. The summed E-state index contributed by atoms with van der Waals surface area (Å²) in [5.41, 5.74) is 0.629. The van der Waals surface area contributed by atoms with Crippen LogP contribution in [0, 0.1) is 5.95 Å². The lowest BCUT2D eigenvalue weighted by atomic mass is 10.3. The number of pyridine rings is 1. The van der Waals surface area contributed by atoms with E-state index in [0.29, 0.717) is 21.6 Å². The van der Waals surface area contributed by atoms with E-state index in [1.165, 1.54) is 6.07 Å². The molecular weight excluding hydrogens is 250 g/mol. The molecule has 0 aliphatic carbocycles. The minimum atomic E-state index is -0.546. The van der Waals surface area contributed by atoms with Crippen LogP contribution in [0.4, 0.5) is 15.9 Å². The zero-order valence-electron chi connectivity index (χ0n) is 8.05. The molecule has 1 N–H and O–H groups in total. The fraction of sp³-hybridized carbons (Fsp3) is 0. The Labute approximate surface area is 102 Å². The Morgan fingerprint density at radius 1 is 1.12 bits per heavy atom. The van der Waals surface area contributed by atoms with Crippen molar-refractivity contribution >= 4 is 34.7 Å². The lowest BCUT2D eigenvalue weighted by Crippen LogP contribution is -1.95. The molecule has 1 heterocycles. The predicted octanol–water partition coefficient (Wildman–Crippen LogP) is 4.27. The third kappa shape index (κ3) is 2.62. The molecule has 1 aromatic carbocycles. The summed E-state index contributed by atoms with van der Waals surface area (Å²) in [6.45, 7) is 0. The number of aromatic nitrogens is 1. The fourth-order valence-corrected chi connectivity index (χ4v) is 1.66. The monoisotopic (exact) mass is 256 g/mol. The zero-order valence-corrected chi connectivity index (χ0v) is 9.56. The number of nitrogens with one attached hydrogen (secondary N) is 1. The van der Waals surface area contributed by atoms with Gasteiger partial charge in [-0.3, -0.25) is 0 Å². The van der Waals surface area contributed by atoms with Crippen LogP contribution in [0.5, 0.6) is 0 Å². The normalized spacial score (nSPS) is 10.2. The van der Waals surface area contributed by atoms with Crippen molar-refractivity contribution in [2.24, 2.45) is 0 Å². The number of nitrogens with zero attached hydrogens (tertiary/aromatic N) is 1. The second kappa shape index (κ2) is 4.68. The molecule has 2 rings (SSSR count). The molecule has 0 fully saturated rings. The first-order chi connectivity index (χ1) is 7.65. The SMILES string of the molecule is Fc1cccc(Nc2ccc(Cl)cc2Cl)n1. The summed E-state index contributed by atoms with van der Waals surface area (Å²) in [5.74, 6) is -0.153. The molecule has 0 spiro atoms. The molecule has 16 heavy (non-hydrogen) atoms. The molecule has 2 nitrogen and oxygen atoms in total. The van der Waals surface area contributed by atoms with Crippen LogP contribution in [0.15, 0.2) is 36.4 Å². The van der Waals surface area contributed by atoms with E-state index in [1.807, 2.05) is 0 Å². The van der Waals surface area contributed by atoms with Crippen LogP contribution < -0.4 is 5.32 Å². The van der Waals surface area contributed by atoms with Gasteiger partial charge in [0.1, 0.15) is 5.82 Å². The van der Waals surface area contributed by atoms with E-state index in [-0.39, 0.29) is 0 Å². The molecule has 0 aliphatic rings. The molecule has 0 amide bonds. The van der Waals surface area contributed by atoms with E-state index in [2.05, 4.69) is 10.3 Å². The summed E-state index contributed by atoms with van der Waals surface area (Å²) < 4.78 is 12.8. The second-order valence-corrected chi connectivity index (χ2v) is 3.94. The van der Waals surface area contributed by atoms with Crippen LogP contribution in [0.3, 0.4) is 0 Å². The zero-order chi connectivity index (χ0) is 11.5. The average molecular weight is 257 g/mol. The first-order valence-electron chi connectivity index (χ1n) is 4.50. The number of rotatable bonds is 2. The van der Waals surface area contributed by atoms with Crippen LogP contribution in [0.1, 0.15) is 0 Å². The summed E-state index contributed by atoms with van der Waals surface area (Å²) in [4.78, 5) is 3.66. The van der Waals surface area contributed by atoms with Crippen molar-refractivity contribution in [3.8, 4) is 0 Å². The van der Waals surface area contributed by atoms with Gasteiger partial charge in [-0.2, -0.15) is 4.39 Å². The van der Waals surface area contributed by atoms with Gasteiger partial charge in [0.25, 0.3) is 0 Å². The maximum atomic E-state index is 12.8. The van der Waals surface area contributed by atoms with Crippen LogP contribution in [0.2, 0.25) is 10.0 Å². The molecule has 0 bridgehead atoms. The number of hydrogen-bond acceptors (Lipinski definition) is 2. The van der Waals surface area contributed by atoms with Gasteiger partial charge in [-0.05, 0) is 30.3 Å². The van der Waals surface area contributed by atoms with Crippen molar-refractivity contribution < 1.29 is 4.39 Å². The number of hydrogen-bond donors (Lipinski definition) is 1. The van der Waals surface area contributed by atoms with E-state index in [1.54, 1.807) is 30.3 Å². The maximum absolute atomic E-state index is 12.8. The summed E-state index contributed by atoms with van der Waals surface area (Å²) in [7, 11) is 0. The van der Waals surface area contributed by atoms with Gasteiger partial charge in [-0.15, -0.1) is 0 Å². The van der Waals surface area contributed by atoms with Gasteiger partial charge < -0.3 is 5.32 Å². The highest BCUT2D eigenvalue weighted by molar-refractivity contribution is 6.36. The third-order valence-electron chi connectivity index (χ3n) is 1.91. The Balaban J connectivity index is 2.27. The molecule has 0 atom stereocenters. The number of halogens is 3. The van der Waals surface area contributed by atoms with E-state index >= 15 is 0 Å². The predicted molar refractivity (Wildman–Crippen MR) is 63.9 cm³/mol. The standard InChI is InChI=1S/C11H7Cl2FN2/c12-7-4-5-9(8(13)6-7)15-11-3-1-2-10(14)16-11/h1-6H,(H,15,16). The third-order valence-corrected chi connectivity index (χ3v) is 2.46. The summed E-state index contributed by atoms with van der Waals surface area (Å²) in [6.07, 6.45) is 0. The average Bonchev–Trinajstić information content (AvgIpc) is 2.22. The van der Waals surface area contributed by atoms with Gasteiger partial charge >= 0.3 is 0 Å². The number of benzene rings is 1. The second-order valence-electron chi connectivity index (χ2n) is 3.09. The molecule has 82 valence electrons.